The summed E-state index contributed by atoms with van der Waals surface area (Å²) in [5.74, 6) is -0.740. The number of carbonyl (C=O) groups is 3. The van der Waals surface area contributed by atoms with Crippen molar-refractivity contribution in [1.29, 1.82) is 0 Å². The first-order valence-corrected chi connectivity index (χ1v) is 10.2. The number of hydroxylamine groups is 2. The molecule has 1 aliphatic rings. The quantitative estimate of drug-likeness (QED) is 0.254. The number of nitrogens with one attached hydrogen (secondary N) is 1. The topological polar surface area (TPSA) is 107 Å². The molecule has 29 heavy (non-hydrogen) atoms. The van der Waals surface area contributed by atoms with E-state index in [2.05, 4.69) is 5.32 Å². The molecule has 3 N–H and O–H groups in total. The van der Waals surface area contributed by atoms with Crippen LogP contribution in [0.25, 0.3) is 0 Å². The van der Waals surface area contributed by atoms with Crippen molar-refractivity contribution in [3.63, 3.8) is 0 Å². The average Bonchev–Trinajstić information content (AvgIpc) is 3.17. The van der Waals surface area contributed by atoms with Crippen LogP contribution in [0.2, 0.25) is 0 Å². The minimum absolute atomic E-state index is 0.0615. The second-order valence-corrected chi connectivity index (χ2v) is 9.03. The first-order chi connectivity index (χ1) is 13.6. The molecule has 0 heterocycles. The van der Waals surface area contributed by atoms with Gasteiger partial charge in [0.05, 0.1) is 18.5 Å². The Morgan fingerprint density at radius 2 is 1.79 bits per heavy atom. The fourth-order valence-corrected chi connectivity index (χ4v) is 3.91. The predicted octanol–water partition coefficient (Wildman–Crippen LogP) is 3.15. The lowest BCUT2D eigenvalue weighted by molar-refractivity contribution is -0.155. The first-order valence-electron chi connectivity index (χ1n) is 10.2. The van der Waals surface area contributed by atoms with Crippen molar-refractivity contribution in [1.82, 2.24) is 10.4 Å². The van der Waals surface area contributed by atoms with Crippen LogP contribution in [0.1, 0.15) is 63.2 Å². The Bertz CT molecular complexity index is 705. The molecule has 7 heteroatoms. The maximum absolute atomic E-state index is 13.1. The number of aromatic hydroxyl groups is 1. The van der Waals surface area contributed by atoms with Gasteiger partial charge in [-0.15, -0.1) is 0 Å². The van der Waals surface area contributed by atoms with Crippen LogP contribution >= 0.6 is 0 Å². The molecule has 7 nitrogen and oxygen atoms in total. The van der Waals surface area contributed by atoms with Crippen molar-refractivity contribution in [2.75, 3.05) is 6.54 Å². The molecule has 0 saturated heterocycles. The van der Waals surface area contributed by atoms with E-state index in [0.717, 1.165) is 25.7 Å². The lowest BCUT2D eigenvalue weighted by Gasteiger charge is -2.32. The van der Waals surface area contributed by atoms with Crippen LogP contribution in [0.3, 0.4) is 0 Å². The molecule has 1 fully saturated rings. The average molecular weight is 405 g/mol. The van der Waals surface area contributed by atoms with Gasteiger partial charge < -0.3 is 10.4 Å². The minimum Gasteiger partial charge on any atom is -0.508 e. The van der Waals surface area contributed by atoms with Crippen LogP contribution < -0.4 is 5.32 Å². The van der Waals surface area contributed by atoms with Gasteiger partial charge in [-0.05, 0) is 42.0 Å². The van der Waals surface area contributed by atoms with Gasteiger partial charge in [-0.3, -0.25) is 19.6 Å². The highest BCUT2D eigenvalue weighted by Crippen LogP contribution is 2.31. The zero-order valence-corrected chi connectivity index (χ0v) is 17.4. The molecular formula is C22H32N2O5. The summed E-state index contributed by atoms with van der Waals surface area (Å²) in [7, 11) is 0. The summed E-state index contributed by atoms with van der Waals surface area (Å²) < 4.78 is 0. The van der Waals surface area contributed by atoms with E-state index >= 15 is 0 Å². The maximum atomic E-state index is 13.1. The molecule has 0 spiro atoms. The number of hydrogen-bond donors (Lipinski definition) is 3. The zero-order valence-electron chi connectivity index (χ0n) is 17.4. The third kappa shape index (κ3) is 6.56. The van der Waals surface area contributed by atoms with Crippen molar-refractivity contribution < 1.29 is 24.7 Å². The van der Waals surface area contributed by atoms with Crippen molar-refractivity contribution in [3.05, 3.63) is 29.8 Å². The Morgan fingerprint density at radius 1 is 1.21 bits per heavy atom. The van der Waals surface area contributed by atoms with E-state index < -0.39 is 17.4 Å². The summed E-state index contributed by atoms with van der Waals surface area (Å²) in [6, 6.07) is 5.14. The summed E-state index contributed by atoms with van der Waals surface area (Å²) in [4.78, 5) is 37.0. The van der Waals surface area contributed by atoms with Crippen molar-refractivity contribution in [2.45, 2.75) is 58.9 Å². The van der Waals surface area contributed by atoms with Crippen LogP contribution in [0, 0.1) is 17.3 Å². The van der Waals surface area contributed by atoms with Crippen molar-refractivity contribution in [2.24, 2.45) is 17.3 Å². The van der Waals surface area contributed by atoms with Crippen LogP contribution in [-0.4, -0.2) is 46.1 Å². The molecule has 1 aromatic rings. The smallest absolute Gasteiger partial charge is 0.233 e. The fraction of sp³-hybridized carbons (Fsp3) is 0.591. The number of phenolic OH excluding ortho intramolecular Hbond substituents is 1. The Kier molecular flexibility index (Phi) is 7.79. The van der Waals surface area contributed by atoms with E-state index in [0.29, 0.717) is 23.0 Å². The largest absolute Gasteiger partial charge is 0.508 e. The highest BCUT2D eigenvalue weighted by Gasteiger charge is 2.36. The number of amides is 2. The van der Waals surface area contributed by atoms with Crippen LogP contribution in [-0.2, 0) is 9.59 Å². The number of rotatable bonds is 9. The number of nitrogens with zero attached hydrogens (tertiary/aromatic N) is 1. The van der Waals surface area contributed by atoms with Gasteiger partial charge in [0.2, 0.25) is 12.3 Å². The standard InChI is InChI=1S/C22H32N2O5/c1-22(2,3)20(19(27)16-8-10-18(26)11-9-16)23-21(28)17(13-24(29)14-25)12-15-6-4-5-7-15/h8-11,14-15,17,20,26,29H,4-7,12-13H2,1-3H3,(H,23,28)/t17-,20-/m1/s1. The number of ketones is 1. The van der Waals surface area contributed by atoms with Gasteiger partial charge in [0.25, 0.3) is 0 Å². The Hall–Kier alpha value is -2.41. The molecule has 0 unspecified atom stereocenters. The summed E-state index contributed by atoms with van der Waals surface area (Å²) in [6.07, 6.45) is 5.18. The monoisotopic (exact) mass is 404 g/mol. The Morgan fingerprint density at radius 3 is 2.31 bits per heavy atom. The third-order valence-electron chi connectivity index (χ3n) is 5.56. The Labute approximate surface area is 172 Å². The molecule has 0 aliphatic heterocycles. The molecule has 160 valence electrons. The zero-order chi connectivity index (χ0) is 21.6. The van der Waals surface area contributed by atoms with E-state index in [4.69, 9.17) is 0 Å². The van der Waals surface area contributed by atoms with E-state index in [-0.39, 0.29) is 30.4 Å². The first kappa shape index (κ1) is 22.9. The summed E-state index contributed by atoms with van der Waals surface area (Å²) in [5, 5.41) is 22.5. The van der Waals surface area contributed by atoms with E-state index in [1.165, 1.54) is 24.3 Å². The summed E-state index contributed by atoms with van der Waals surface area (Å²) in [6.45, 7) is 5.50. The summed E-state index contributed by atoms with van der Waals surface area (Å²) in [5.41, 5.74) is -0.154. The van der Waals surface area contributed by atoms with Gasteiger partial charge in [-0.25, -0.2) is 5.06 Å². The highest BCUT2D eigenvalue weighted by atomic mass is 16.5. The molecule has 1 aliphatic carbocycles. The van der Waals surface area contributed by atoms with Gasteiger partial charge in [0.1, 0.15) is 5.75 Å². The maximum Gasteiger partial charge on any atom is 0.233 e. The van der Waals surface area contributed by atoms with Gasteiger partial charge in [0.15, 0.2) is 5.78 Å². The van der Waals surface area contributed by atoms with Crippen LogP contribution in [0.4, 0.5) is 0 Å². The molecule has 0 radical (unpaired) electrons. The molecule has 2 rings (SSSR count). The number of phenols is 1. The number of hydrogen-bond acceptors (Lipinski definition) is 5. The van der Waals surface area contributed by atoms with Crippen LogP contribution in [0.15, 0.2) is 24.3 Å². The molecule has 1 aromatic carbocycles. The lowest BCUT2D eigenvalue weighted by Crippen LogP contribution is -2.52. The van der Waals surface area contributed by atoms with E-state index in [1.54, 1.807) is 0 Å². The van der Waals surface area contributed by atoms with Gasteiger partial charge in [-0.2, -0.15) is 0 Å². The number of carbonyl (C=O) groups excluding carboxylic acids is 3. The molecule has 0 aromatic heterocycles. The molecule has 2 amide bonds. The highest BCUT2D eigenvalue weighted by molar-refractivity contribution is 6.02. The van der Waals surface area contributed by atoms with Crippen molar-refractivity contribution >= 4 is 18.1 Å². The fourth-order valence-electron chi connectivity index (χ4n) is 3.91. The molecule has 0 bridgehead atoms. The SMILES string of the molecule is CC(C)(C)[C@H](NC(=O)[C@H](CC1CCCC1)CN(O)C=O)C(=O)c1ccc(O)cc1. The van der Waals surface area contributed by atoms with Gasteiger partial charge in [0, 0.05) is 5.56 Å². The predicted molar refractivity (Wildman–Crippen MR) is 108 cm³/mol. The summed E-state index contributed by atoms with van der Waals surface area (Å²) >= 11 is 0. The number of Topliss-reactive ketones (excluding diaryl/α,β-unsaturated/α-hetero) is 1. The van der Waals surface area contributed by atoms with E-state index in [1.807, 2.05) is 20.8 Å². The molecule has 2 atom stereocenters. The normalized spacial score (nSPS) is 16.8. The van der Waals surface area contributed by atoms with Crippen molar-refractivity contribution in [3.8, 4) is 5.75 Å². The minimum atomic E-state index is -0.783. The number of benzene rings is 1. The third-order valence-corrected chi connectivity index (χ3v) is 5.56. The van der Waals surface area contributed by atoms with Crippen LogP contribution in [0.5, 0.6) is 5.75 Å². The molecular weight excluding hydrogens is 372 g/mol. The van der Waals surface area contributed by atoms with Gasteiger partial charge in [-0.1, -0.05) is 46.5 Å². The lowest BCUT2D eigenvalue weighted by atomic mass is 9.81. The Balaban J connectivity index is 2.19. The molecule has 1 saturated carbocycles. The second kappa shape index (κ2) is 9.87. The second-order valence-electron chi connectivity index (χ2n) is 9.03. The van der Waals surface area contributed by atoms with Gasteiger partial charge >= 0.3 is 0 Å². The van der Waals surface area contributed by atoms with E-state index in [9.17, 15) is 24.7 Å².